The summed E-state index contributed by atoms with van der Waals surface area (Å²) in [5.74, 6) is 0.781. The molecule has 0 amide bonds. The molecule has 0 radical (unpaired) electrons. The van der Waals surface area contributed by atoms with Crippen LogP contribution in [0.2, 0.25) is 0 Å². The van der Waals surface area contributed by atoms with Crippen molar-refractivity contribution in [3.8, 4) is 0 Å². The van der Waals surface area contributed by atoms with Gasteiger partial charge in [0, 0.05) is 19.4 Å². The van der Waals surface area contributed by atoms with E-state index in [1.807, 2.05) is 31.2 Å². The normalized spacial score (nSPS) is 23.7. The van der Waals surface area contributed by atoms with Gasteiger partial charge in [-0.1, -0.05) is 36.3 Å². The predicted molar refractivity (Wildman–Crippen MR) is 95.4 cm³/mol. The number of hydrogen-bond donors (Lipinski definition) is 1. The highest BCUT2D eigenvalue weighted by Gasteiger charge is 2.44. The maximum atomic E-state index is 13.3. The molecular weight excluding hydrogens is 354 g/mol. The van der Waals surface area contributed by atoms with Crippen LogP contribution in [0.5, 0.6) is 0 Å². The van der Waals surface area contributed by atoms with E-state index >= 15 is 0 Å². The Morgan fingerprint density at radius 2 is 2.12 bits per heavy atom. The molecule has 2 heterocycles. The Morgan fingerprint density at radius 1 is 1.31 bits per heavy atom. The van der Waals surface area contributed by atoms with Crippen LogP contribution in [-0.2, 0) is 22.9 Å². The molecule has 138 valence electrons. The van der Waals surface area contributed by atoms with Gasteiger partial charge >= 0.3 is 0 Å². The monoisotopic (exact) mass is 375 g/mol. The molecule has 8 heteroatoms. The summed E-state index contributed by atoms with van der Waals surface area (Å²) in [6.07, 6.45) is 2.98. The average Bonchev–Trinajstić information content (AvgIpc) is 3.27. The summed E-state index contributed by atoms with van der Waals surface area (Å²) in [6, 6.07) is 7.17. The highest BCUT2D eigenvalue weighted by atomic mass is 32.2. The van der Waals surface area contributed by atoms with Crippen molar-refractivity contribution >= 4 is 16.1 Å². The van der Waals surface area contributed by atoms with Crippen molar-refractivity contribution in [2.24, 2.45) is 0 Å². The highest BCUT2D eigenvalue weighted by molar-refractivity contribution is 7.93. The number of aliphatic hydroxyl groups excluding tert-OH is 1. The lowest BCUT2D eigenvalue weighted by atomic mass is 9.98. The van der Waals surface area contributed by atoms with Crippen molar-refractivity contribution in [2.45, 2.75) is 44.8 Å². The maximum Gasteiger partial charge on any atom is 0.245 e. The van der Waals surface area contributed by atoms with Crippen molar-refractivity contribution in [1.82, 2.24) is 14.4 Å². The zero-order valence-electron chi connectivity index (χ0n) is 14.5. The van der Waals surface area contributed by atoms with Gasteiger partial charge in [0.05, 0.1) is 11.0 Å². The average molecular weight is 375 g/mol. The third-order valence-corrected chi connectivity index (χ3v) is 6.98. The fourth-order valence-corrected chi connectivity index (χ4v) is 5.40. The zero-order chi connectivity index (χ0) is 18.3. The van der Waals surface area contributed by atoms with Crippen LogP contribution < -0.4 is 0 Å². The van der Waals surface area contributed by atoms with Gasteiger partial charge < -0.3 is 9.63 Å². The molecule has 0 saturated carbocycles. The van der Waals surface area contributed by atoms with E-state index in [4.69, 9.17) is 4.52 Å². The lowest BCUT2D eigenvalue weighted by Crippen LogP contribution is -2.33. The SMILES string of the molecule is CCc1noc([C@H]2C[C@H](O)CN2S(=O)(=O)C2=Cc3ccccc3CC2)n1. The van der Waals surface area contributed by atoms with E-state index in [9.17, 15) is 13.5 Å². The number of fused-ring (bicyclic) bond motifs is 1. The summed E-state index contributed by atoms with van der Waals surface area (Å²) in [6.45, 7) is 1.94. The van der Waals surface area contributed by atoms with E-state index in [0.29, 0.717) is 30.0 Å². The number of aromatic nitrogens is 2. The second-order valence-electron chi connectivity index (χ2n) is 6.69. The molecular formula is C18H21N3O4S. The first-order valence-electron chi connectivity index (χ1n) is 8.80. The van der Waals surface area contributed by atoms with E-state index in [1.165, 1.54) is 4.31 Å². The molecule has 2 aliphatic rings. The van der Waals surface area contributed by atoms with Crippen molar-refractivity contribution in [1.29, 1.82) is 0 Å². The number of hydrogen-bond acceptors (Lipinski definition) is 6. The standard InChI is InChI=1S/C18H21N3O4S/c1-2-17-19-18(25-20-17)16-10-14(22)11-21(16)26(23,24)15-8-7-12-5-3-4-6-13(12)9-15/h3-6,9,14,16,22H,2,7-8,10-11H2,1H3/t14-,16+/m0/s1. The highest BCUT2D eigenvalue weighted by Crippen LogP contribution is 2.38. The molecule has 1 saturated heterocycles. The van der Waals surface area contributed by atoms with Crippen LogP contribution in [0.15, 0.2) is 33.7 Å². The van der Waals surface area contributed by atoms with Gasteiger partial charge in [0.1, 0.15) is 6.04 Å². The number of aryl methyl sites for hydroxylation is 2. The van der Waals surface area contributed by atoms with Crippen LogP contribution in [-0.4, -0.2) is 40.6 Å². The topological polar surface area (TPSA) is 96.5 Å². The summed E-state index contributed by atoms with van der Waals surface area (Å²) in [5.41, 5.74) is 2.08. The lowest BCUT2D eigenvalue weighted by Gasteiger charge is -2.25. The van der Waals surface area contributed by atoms with Crippen LogP contribution in [0.25, 0.3) is 6.08 Å². The van der Waals surface area contributed by atoms with Gasteiger partial charge in [-0.3, -0.25) is 0 Å². The van der Waals surface area contributed by atoms with Gasteiger partial charge in [-0.2, -0.15) is 9.29 Å². The zero-order valence-corrected chi connectivity index (χ0v) is 15.3. The molecule has 2 atom stereocenters. The summed E-state index contributed by atoms with van der Waals surface area (Å²) >= 11 is 0. The lowest BCUT2D eigenvalue weighted by molar-refractivity contribution is 0.188. The van der Waals surface area contributed by atoms with Gasteiger partial charge in [-0.05, 0) is 30.0 Å². The van der Waals surface area contributed by atoms with E-state index in [-0.39, 0.29) is 18.9 Å². The molecule has 1 aliphatic heterocycles. The third-order valence-electron chi connectivity index (χ3n) is 4.97. The van der Waals surface area contributed by atoms with E-state index in [1.54, 1.807) is 6.08 Å². The van der Waals surface area contributed by atoms with Gasteiger partial charge in [0.2, 0.25) is 15.9 Å². The molecule has 1 N–H and O–H groups in total. The Hall–Kier alpha value is -2.03. The minimum Gasteiger partial charge on any atom is -0.392 e. The molecule has 26 heavy (non-hydrogen) atoms. The Morgan fingerprint density at radius 3 is 2.88 bits per heavy atom. The number of benzene rings is 1. The molecule has 2 aromatic rings. The molecule has 1 aromatic heterocycles. The minimum absolute atomic E-state index is 0.0375. The van der Waals surface area contributed by atoms with Crippen molar-refractivity contribution in [2.75, 3.05) is 6.54 Å². The van der Waals surface area contributed by atoms with Gasteiger partial charge in [0.25, 0.3) is 0 Å². The van der Waals surface area contributed by atoms with E-state index in [2.05, 4.69) is 10.1 Å². The quantitative estimate of drug-likeness (QED) is 0.879. The fraction of sp³-hybridized carbons (Fsp3) is 0.444. The Kier molecular flexibility index (Phi) is 4.42. The Balaban J connectivity index is 1.69. The van der Waals surface area contributed by atoms with Crippen molar-refractivity contribution in [3.63, 3.8) is 0 Å². The number of aliphatic hydroxyl groups is 1. The number of rotatable bonds is 4. The second-order valence-corrected chi connectivity index (χ2v) is 8.64. The first-order chi connectivity index (χ1) is 12.5. The van der Waals surface area contributed by atoms with E-state index < -0.39 is 22.2 Å². The molecule has 1 aliphatic carbocycles. The predicted octanol–water partition coefficient (Wildman–Crippen LogP) is 2.06. The molecule has 1 fully saturated rings. The van der Waals surface area contributed by atoms with Crippen LogP contribution in [0, 0.1) is 0 Å². The minimum atomic E-state index is -3.73. The number of sulfonamides is 1. The molecule has 4 rings (SSSR count). The van der Waals surface area contributed by atoms with Crippen LogP contribution in [0.3, 0.4) is 0 Å². The number of allylic oxidation sites excluding steroid dienone is 1. The summed E-state index contributed by atoms with van der Waals surface area (Å²) in [5, 5.41) is 14.0. The van der Waals surface area contributed by atoms with Gasteiger partial charge in [-0.25, -0.2) is 8.42 Å². The fourth-order valence-electron chi connectivity index (χ4n) is 3.58. The van der Waals surface area contributed by atoms with E-state index in [0.717, 1.165) is 11.1 Å². The number of nitrogens with zero attached hydrogens (tertiary/aromatic N) is 3. The summed E-state index contributed by atoms with van der Waals surface area (Å²) in [4.78, 5) is 4.64. The van der Waals surface area contributed by atoms with Crippen molar-refractivity contribution < 1.29 is 18.0 Å². The summed E-state index contributed by atoms with van der Waals surface area (Å²) < 4.78 is 33.1. The molecule has 0 spiro atoms. The molecule has 7 nitrogen and oxygen atoms in total. The largest absolute Gasteiger partial charge is 0.392 e. The first kappa shape index (κ1) is 17.4. The van der Waals surface area contributed by atoms with Crippen molar-refractivity contribution in [3.05, 3.63) is 52.0 Å². The molecule has 0 bridgehead atoms. The molecule has 0 unspecified atom stereocenters. The third kappa shape index (κ3) is 2.98. The van der Waals surface area contributed by atoms with Crippen LogP contribution >= 0.6 is 0 Å². The van der Waals surface area contributed by atoms with Crippen LogP contribution in [0.1, 0.15) is 48.6 Å². The van der Waals surface area contributed by atoms with Gasteiger partial charge in [-0.15, -0.1) is 0 Å². The second kappa shape index (κ2) is 6.61. The number of β-amino-alcohol motifs (C(OH)–C–C–N with tert-alkyl or cyclic N) is 1. The first-order valence-corrected chi connectivity index (χ1v) is 10.2. The van der Waals surface area contributed by atoms with Crippen LogP contribution in [0.4, 0.5) is 0 Å². The Bertz CT molecular complexity index is 951. The van der Waals surface area contributed by atoms with Gasteiger partial charge in [0.15, 0.2) is 5.82 Å². The Labute approximate surface area is 152 Å². The summed E-state index contributed by atoms with van der Waals surface area (Å²) in [7, 11) is -3.73. The maximum absolute atomic E-state index is 13.3. The smallest absolute Gasteiger partial charge is 0.245 e. The molecule has 1 aromatic carbocycles.